The van der Waals surface area contributed by atoms with Crippen molar-refractivity contribution in [2.45, 2.75) is 52.0 Å². The number of anilines is 1. The number of carbonyl (C=O) groups is 1. The average molecular weight is 278 g/mol. The first kappa shape index (κ1) is 16.5. The molecule has 0 spiro atoms. The lowest BCUT2D eigenvalue weighted by atomic mass is 9.87. The van der Waals surface area contributed by atoms with Crippen LogP contribution in [0.15, 0.2) is 18.2 Å². The van der Waals surface area contributed by atoms with Crippen molar-refractivity contribution in [1.29, 1.82) is 0 Å². The SMILES string of the molecule is CCC[C@H](N)C(=O)Nc1cc(C(C)(C)C)ccc1OC. The zero-order valence-corrected chi connectivity index (χ0v) is 13.1. The van der Waals surface area contributed by atoms with Gasteiger partial charge in [0.1, 0.15) is 5.75 Å². The maximum absolute atomic E-state index is 12.0. The van der Waals surface area contributed by atoms with E-state index >= 15 is 0 Å². The summed E-state index contributed by atoms with van der Waals surface area (Å²) in [5, 5.41) is 2.87. The van der Waals surface area contributed by atoms with Gasteiger partial charge in [0.2, 0.25) is 5.91 Å². The van der Waals surface area contributed by atoms with E-state index in [-0.39, 0.29) is 11.3 Å². The molecule has 0 saturated heterocycles. The maximum atomic E-state index is 12.0. The molecule has 0 aliphatic carbocycles. The van der Waals surface area contributed by atoms with Crippen molar-refractivity contribution in [2.24, 2.45) is 5.73 Å². The molecule has 3 N–H and O–H groups in total. The summed E-state index contributed by atoms with van der Waals surface area (Å²) in [6, 6.07) is 5.36. The second-order valence-electron chi connectivity index (χ2n) is 6.05. The monoisotopic (exact) mass is 278 g/mol. The van der Waals surface area contributed by atoms with E-state index in [0.29, 0.717) is 17.9 Å². The molecule has 0 aliphatic heterocycles. The number of amides is 1. The van der Waals surface area contributed by atoms with E-state index < -0.39 is 6.04 Å². The Bertz CT molecular complexity index is 464. The van der Waals surface area contributed by atoms with E-state index in [9.17, 15) is 4.79 Å². The molecule has 1 amide bonds. The molecular formula is C16H26N2O2. The highest BCUT2D eigenvalue weighted by Gasteiger charge is 2.18. The summed E-state index contributed by atoms with van der Waals surface area (Å²) >= 11 is 0. The quantitative estimate of drug-likeness (QED) is 0.870. The number of benzene rings is 1. The van der Waals surface area contributed by atoms with E-state index in [2.05, 4.69) is 26.1 Å². The van der Waals surface area contributed by atoms with E-state index in [1.165, 1.54) is 0 Å². The molecule has 1 aromatic carbocycles. The van der Waals surface area contributed by atoms with Gasteiger partial charge in [-0.3, -0.25) is 4.79 Å². The third-order valence-electron chi connectivity index (χ3n) is 3.26. The minimum atomic E-state index is -0.483. The minimum Gasteiger partial charge on any atom is -0.495 e. The van der Waals surface area contributed by atoms with Crippen LogP contribution in [0.1, 0.15) is 46.1 Å². The Morgan fingerprint density at radius 2 is 2.05 bits per heavy atom. The first-order valence-corrected chi connectivity index (χ1v) is 7.04. The van der Waals surface area contributed by atoms with Crippen LogP contribution in [0, 0.1) is 0 Å². The molecule has 0 aromatic heterocycles. The number of methoxy groups -OCH3 is 1. The van der Waals surface area contributed by atoms with Crippen LogP contribution in [0.2, 0.25) is 0 Å². The first-order chi connectivity index (χ1) is 9.29. The number of carbonyl (C=O) groups excluding carboxylic acids is 1. The van der Waals surface area contributed by atoms with Gasteiger partial charge in [-0.05, 0) is 29.5 Å². The number of rotatable bonds is 5. The second kappa shape index (κ2) is 6.75. The fraction of sp³-hybridized carbons (Fsp3) is 0.562. The predicted octanol–water partition coefficient (Wildman–Crippen LogP) is 3.06. The summed E-state index contributed by atoms with van der Waals surface area (Å²) < 4.78 is 5.30. The Morgan fingerprint density at radius 1 is 1.40 bits per heavy atom. The molecular weight excluding hydrogens is 252 g/mol. The van der Waals surface area contributed by atoms with Gasteiger partial charge in [-0.2, -0.15) is 0 Å². The van der Waals surface area contributed by atoms with Crippen LogP contribution in [0.3, 0.4) is 0 Å². The molecule has 4 heteroatoms. The highest BCUT2D eigenvalue weighted by Crippen LogP contribution is 2.31. The average Bonchev–Trinajstić information content (AvgIpc) is 2.37. The van der Waals surface area contributed by atoms with Crippen LogP contribution in [-0.2, 0) is 10.2 Å². The highest BCUT2D eigenvalue weighted by atomic mass is 16.5. The fourth-order valence-electron chi connectivity index (χ4n) is 1.94. The van der Waals surface area contributed by atoms with Gasteiger partial charge in [0.05, 0.1) is 18.8 Å². The lowest BCUT2D eigenvalue weighted by Gasteiger charge is -2.21. The predicted molar refractivity (Wildman–Crippen MR) is 83.2 cm³/mol. The number of ether oxygens (including phenoxy) is 1. The normalized spacial score (nSPS) is 12.9. The Morgan fingerprint density at radius 3 is 2.55 bits per heavy atom. The van der Waals surface area contributed by atoms with Crippen LogP contribution in [0.5, 0.6) is 5.75 Å². The third-order valence-corrected chi connectivity index (χ3v) is 3.26. The summed E-state index contributed by atoms with van der Waals surface area (Å²) in [5.41, 5.74) is 7.66. The van der Waals surface area contributed by atoms with Crippen molar-refractivity contribution in [2.75, 3.05) is 12.4 Å². The molecule has 1 aromatic rings. The van der Waals surface area contributed by atoms with Gasteiger partial charge in [-0.25, -0.2) is 0 Å². The van der Waals surface area contributed by atoms with E-state index in [4.69, 9.17) is 10.5 Å². The van der Waals surface area contributed by atoms with Crippen molar-refractivity contribution in [3.05, 3.63) is 23.8 Å². The van der Waals surface area contributed by atoms with Gasteiger partial charge < -0.3 is 15.8 Å². The van der Waals surface area contributed by atoms with Crippen molar-refractivity contribution in [3.63, 3.8) is 0 Å². The summed E-state index contributed by atoms with van der Waals surface area (Å²) in [6.45, 7) is 8.39. The third kappa shape index (κ3) is 4.23. The molecule has 0 heterocycles. The van der Waals surface area contributed by atoms with E-state index in [1.54, 1.807) is 7.11 Å². The van der Waals surface area contributed by atoms with E-state index in [1.807, 2.05) is 25.1 Å². The van der Waals surface area contributed by atoms with Gasteiger partial charge >= 0.3 is 0 Å². The summed E-state index contributed by atoms with van der Waals surface area (Å²) in [6.07, 6.45) is 1.56. The molecule has 112 valence electrons. The zero-order chi connectivity index (χ0) is 15.3. The summed E-state index contributed by atoms with van der Waals surface area (Å²) in [4.78, 5) is 12.0. The Labute approximate surface area is 121 Å². The molecule has 20 heavy (non-hydrogen) atoms. The van der Waals surface area contributed by atoms with Crippen molar-refractivity contribution < 1.29 is 9.53 Å². The second-order valence-corrected chi connectivity index (χ2v) is 6.05. The lowest BCUT2D eigenvalue weighted by Crippen LogP contribution is -2.35. The van der Waals surface area contributed by atoms with Gasteiger partial charge in [0, 0.05) is 0 Å². The first-order valence-electron chi connectivity index (χ1n) is 7.04. The Hall–Kier alpha value is -1.55. The van der Waals surface area contributed by atoms with Gasteiger partial charge in [-0.1, -0.05) is 40.2 Å². The van der Waals surface area contributed by atoms with Crippen LogP contribution >= 0.6 is 0 Å². The Balaban J connectivity index is 3.00. The largest absolute Gasteiger partial charge is 0.495 e. The highest BCUT2D eigenvalue weighted by molar-refractivity contribution is 5.96. The molecule has 1 atom stereocenters. The van der Waals surface area contributed by atoms with Gasteiger partial charge in [-0.15, -0.1) is 0 Å². The molecule has 0 aliphatic rings. The van der Waals surface area contributed by atoms with Crippen LogP contribution < -0.4 is 15.8 Å². The van der Waals surface area contributed by atoms with Crippen molar-refractivity contribution in [1.82, 2.24) is 0 Å². The molecule has 0 bridgehead atoms. The number of nitrogens with one attached hydrogen (secondary N) is 1. The van der Waals surface area contributed by atoms with Crippen molar-refractivity contribution in [3.8, 4) is 5.75 Å². The van der Waals surface area contributed by atoms with Crippen LogP contribution in [0.25, 0.3) is 0 Å². The molecule has 0 fully saturated rings. The number of hydrogen-bond acceptors (Lipinski definition) is 3. The van der Waals surface area contributed by atoms with Crippen LogP contribution in [-0.4, -0.2) is 19.1 Å². The molecule has 0 unspecified atom stereocenters. The van der Waals surface area contributed by atoms with Gasteiger partial charge in [0.25, 0.3) is 0 Å². The topological polar surface area (TPSA) is 64.4 Å². The molecule has 0 saturated carbocycles. The minimum absolute atomic E-state index is 0.0112. The Kier molecular flexibility index (Phi) is 5.57. The molecule has 0 radical (unpaired) electrons. The smallest absolute Gasteiger partial charge is 0.241 e. The molecule has 1 rings (SSSR count). The molecule has 4 nitrogen and oxygen atoms in total. The van der Waals surface area contributed by atoms with Crippen molar-refractivity contribution >= 4 is 11.6 Å². The van der Waals surface area contributed by atoms with Gasteiger partial charge in [0.15, 0.2) is 0 Å². The number of hydrogen-bond donors (Lipinski definition) is 2. The maximum Gasteiger partial charge on any atom is 0.241 e. The fourth-order valence-corrected chi connectivity index (χ4v) is 1.94. The zero-order valence-electron chi connectivity index (χ0n) is 13.1. The van der Waals surface area contributed by atoms with Crippen LogP contribution in [0.4, 0.5) is 5.69 Å². The standard InChI is InChI=1S/C16H26N2O2/c1-6-7-12(17)15(19)18-13-10-11(16(2,3)4)8-9-14(13)20-5/h8-10,12H,6-7,17H2,1-5H3,(H,18,19)/t12-/m0/s1. The van der Waals surface area contributed by atoms with E-state index in [0.717, 1.165) is 12.0 Å². The summed E-state index contributed by atoms with van der Waals surface area (Å²) in [5.74, 6) is 0.478. The summed E-state index contributed by atoms with van der Waals surface area (Å²) in [7, 11) is 1.59. The number of nitrogens with two attached hydrogens (primary N) is 1. The lowest BCUT2D eigenvalue weighted by molar-refractivity contribution is -0.117.